The molecule has 0 spiro atoms. The molecule has 3 aliphatic heterocycles. The number of amides is 1. The summed E-state index contributed by atoms with van der Waals surface area (Å²) in [7, 11) is 0. The number of nitrogens with zero attached hydrogens (tertiary/aromatic N) is 2. The topological polar surface area (TPSA) is 63.3 Å². The molecule has 0 radical (unpaired) electrons. The molecular weight excluding hydrogens is 425 g/mol. The molecule has 0 aromatic heterocycles. The minimum absolute atomic E-state index is 0.204. The van der Waals surface area contributed by atoms with Crippen LogP contribution in [0.3, 0.4) is 0 Å². The molecule has 1 N–H and O–H groups in total. The maximum Gasteiger partial charge on any atom is 0.251 e. The van der Waals surface area contributed by atoms with Crippen molar-refractivity contribution in [3.8, 4) is 11.5 Å². The van der Waals surface area contributed by atoms with Crippen LogP contribution in [0.4, 0.5) is 10.1 Å². The molecule has 1 amide bonds. The molecule has 2 unspecified atom stereocenters. The first-order valence-corrected chi connectivity index (χ1v) is 11.7. The van der Waals surface area contributed by atoms with Gasteiger partial charge in [-0.25, -0.2) is 4.39 Å². The van der Waals surface area contributed by atoms with Gasteiger partial charge in [0.1, 0.15) is 5.82 Å². The number of benzene rings is 2. The second-order valence-corrected chi connectivity index (χ2v) is 9.35. The summed E-state index contributed by atoms with van der Waals surface area (Å²) in [5.74, 6) is 2.84. The highest BCUT2D eigenvalue weighted by Crippen LogP contribution is 2.51. The second kappa shape index (κ2) is 8.50. The van der Waals surface area contributed by atoms with Crippen molar-refractivity contribution in [2.24, 2.45) is 17.8 Å². The van der Waals surface area contributed by atoms with E-state index >= 15 is 0 Å². The predicted octanol–water partition coefficient (Wildman–Crippen LogP) is 2.50. The Kier molecular flexibility index (Phi) is 5.34. The lowest BCUT2D eigenvalue weighted by molar-refractivity contribution is 0.0948. The number of likely N-dealkylation sites (tertiary alicyclic amines) is 1. The molecule has 3 heterocycles. The number of hydrogen-bond donors (Lipinski definition) is 1. The SMILES string of the molecule is O=C(NCC1C2CN(Cc3ccc4c(c3)OCO4)CC12)c1ccc(N2CCOCC2)c(F)c1. The summed E-state index contributed by atoms with van der Waals surface area (Å²) in [6.07, 6.45) is 0. The number of carbonyl (C=O) groups is 1. The van der Waals surface area contributed by atoms with E-state index in [9.17, 15) is 9.18 Å². The minimum Gasteiger partial charge on any atom is -0.454 e. The normalized spacial score (nSPS) is 25.7. The van der Waals surface area contributed by atoms with Gasteiger partial charge in [0.25, 0.3) is 5.91 Å². The van der Waals surface area contributed by atoms with Crippen LogP contribution in [0.25, 0.3) is 0 Å². The maximum absolute atomic E-state index is 14.6. The van der Waals surface area contributed by atoms with Crippen LogP contribution >= 0.6 is 0 Å². The van der Waals surface area contributed by atoms with Gasteiger partial charge in [-0.3, -0.25) is 9.69 Å². The summed E-state index contributed by atoms with van der Waals surface area (Å²) in [5, 5.41) is 3.02. The lowest BCUT2D eigenvalue weighted by Gasteiger charge is -2.29. The summed E-state index contributed by atoms with van der Waals surface area (Å²) in [5.41, 5.74) is 2.14. The van der Waals surface area contributed by atoms with E-state index in [1.807, 2.05) is 11.0 Å². The highest BCUT2D eigenvalue weighted by atomic mass is 19.1. The fourth-order valence-electron chi connectivity index (χ4n) is 5.49. The molecule has 2 aromatic rings. The first-order valence-electron chi connectivity index (χ1n) is 11.7. The number of carbonyl (C=O) groups excluding carboxylic acids is 1. The minimum atomic E-state index is -0.355. The second-order valence-electron chi connectivity index (χ2n) is 9.35. The quantitative estimate of drug-likeness (QED) is 0.725. The third-order valence-electron chi connectivity index (χ3n) is 7.35. The van der Waals surface area contributed by atoms with E-state index < -0.39 is 0 Å². The van der Waals surface area contributed by atoms with Crippen LogP contribution in [0, 0.1) is 23.6 Å². The highest BCUT2D eigenvalue weighted by Gasteiger charge is 2.55. The van der Waals surface area contributed by atoms with Gasteiger partial charge in [-0.2, -0.15) is 0 Å². The summed E-state index contributed by atoms with van der Waals surface area (Å²) in [6, 6.07) is 10.9. The number of nitrogens with one attached hydrogen (secondary N) is 1. The Hall–Kier alpha value is -2.84. The van der Waals surface area contributed by atoms with Crippen molar-refractivity contribution in [2.75, 3.05) is 57.6 Å². The molecule has 0 bridgehead atoms. The van der Waals surface area contributed by atoms with Crippen molar-refractivity contribution < 1.29 is 23.4 Å². The van der Waals surface area contributed by atoms with Gasteiger partial charge in [0.05, 0.1) is 18.9 Å². The molecule has 2 aromatic carbocycles. The molecule has 4 aliphatic rings. The van der Waals surface area contributed by atoms with Gasteiger partial charge in [-0.05, 0) is 53.6 Å². The highest BCUT2D eigenvalue weighted by molar-refractivity contribution is 5.94. The van der Waals surface area contributed by atoms with Crippen molar-refractivity contribution in [1.82, 2.24) is 10.2 Å². The van der Waals surface area contributed by atoms with E-state index in [1.54, 1.807) is 12.1 Å². The van der Waals surface area contributed by atoms with Crippen LogP contribution in [0.15, 0.2) is 36.4 Å². The zero-order valence-corrected chi connectivity index (χ0v) is 18.5. The molecule has 8 heteroatoms. The molecule has 7 nitrogen and oxygen atoms in total. The third kappa shape index (κ3) is 4.13. The fraction of sp³-hybridized carbons (Fsp3) is 0.480. The molecule has 3 fully saturated rings. The number of ether oxygens (including phenoxy) is 3. The number of anilines is 1. The zero-order valence-electron chi connectivity index (χ0n) is 18.5. The fourth-order valence-corrected chi connectivity index (χ4v) is 5.49. The van der Waals surface area contributed by atoms with Gasteiger partial charge in [0.15, 0.2) is 11.5 Å². The molecule has 33 heavy (non-hydrogen) atoms. The van der Waals surface area contributed by atoms with Gasteiger partial charge in [-0.1, -0.05) is 6.07 Å². The molecule has 2 saturated heterocycles. The van der Waals surface area contributed by atoms with E-state index in [0.29, 0.717) is 68.6 Å². The third-order valence-corrected chi connectivity index (χ3v) is 7.35. The summed E-state index contributed by atoms with van der Waals surface area (Å²) < 4.78 is 30.8. The number of halogens is 1. The van der Waals surface area contributed by atoms with Crippen molar-refractivity contribution >= 4 is 11.6 Å². The van der Waals surface area contributed by atoms with E-state index in [2.05, 4.69) is 22.3 Å². The van der Waals surface area contributed by atoms with Crippen molar-refractivity contribution in [2.45, 2.75) is 6.54 Å². The summed E-state index contributed by atoms with van der Waals surface area (Å²) >= 11 is 0. The average molecular weight is 454 g/mol. The Morgan fingerprint density at radius 1 is 1.03 bits per heavy atom. The smallest absolute Gasteiger partial charge is 0.251 e. The van der Waals surface area contributed by atoms with Crippen molar-refractivity contribution in [3.63, 3.8) is 0 Å². The Morgan fingerprint density at radius 2 is 1.82 bits per heavy atom. The zero-order chi connectivity index (χ0) is 22.4. The molecule has 174 valence electrons. The first-order chi connectivity index (χ1) is 16.2. The molecule has 1 aliphatic carbocycles. The van der Waals surface area contributed by atoms with Gasteiger partial charge in [0, 0.05) is 44.8 Å². The first kappa shape index (κ1) is 20.7. The van der Waals surface area contributed by atoms with Crippen molar-refractivity contribution in [1.29, 1.82) is 0 Å². The number of hydrogen-bond acceptors (Lipinski definition) is 6. The number of rotatable bonds is 6. The van der Waals surface area contributed by atoms with Gasteiger partial charge >= 0.3 is 0 Å². The Balaban J connectivity index is 0.979. The van der Waals surface area contributed by atoms with Crippen LogP contribution in [-0.4, -0.2) is 63.5 Å². The predicted molar refractivity (Wildman–Crippen MR) is 120 cm³/mol. The van der Waals surface area contributed by atoms with Gasteiger partial charge in [-0.15, -0.1) is 0 Å². The lowest BCUT2D eigenvalue weighted by atomic mass is 10.1. The van der Waals surface area contributed by atoms with Crippen LogP contribution < -0.4 is 19.7 Å². The van der Waals surface area contributed by atoms with Gasteiger partial charge in [0.2, 0.25) is 6.79 Å². The summed E-state index contributed by atoms with van der Waals surface area (Å²) in [6.45, 7) is 6.46. The van der Waals surface area contributed by atoms with Crippen LogP contribution in [0.5, 0.6) is 11.5 Å². The monoisotopic (exact) mass is 453 g/mol. The van der Waals surface area contributed by atoms with Crippen LogP contribution in [0.1, 0.15) is 15.9 Å². The van der Waals surface area contributed by atoms with E-state index in [0.717, 1.165) is 31.1 Å². The summed E-state index contributed by atoms with van der Waals surface area (Å²) in [4.78, 5) is 17.0. The molecule has 1 saturated carbocycles. The Labute approximate surface area is 192 Å². The molecule has 6 rings (SSSR count). The number of fused-ring (bicyclic) bond motifs is 2. The lowest BCUT2D eigenvalue weighted by Crippen LogP contribution is -2.36. The molecule has 2 atom stereocenters. The Bertz CT molecular complexity index is 1050. The van der Waals surface area contributed by atoms with Crippen LogP contribution in [0.2, 0.25) is 0 Å². The number of piperidine rings is 1. The van der Waals surface area contributed by atoms with Gasteiger partial charge < -0.3 is 24.4 Å². The maximum atomic E-state index is 14.6. The van der Waals surface area contributed by atoms with E-state index in [1.165, 1.54) is 11.6 Å². The van der Waals surface area contributed by atoms with E-state index in [4.69, 9.17) is 14.2 Å². The van der Waals surface area contributed by atoms with Crippen LogP contribution in [-0.2, 0) is 11.3 Å². The van der Waals surface area contributed by atoms with Crippen molar-refractivity contribution in [3.05, 3.63) is 53.3 Å². The molecular formula is C25H28FN3O4. The Morgan fingerprint density at radius 3 is 2.61 bits per heavy atom. The standard InChI is InChI=1S/C25H28FN3O4/c26-21-10-17(2-3-22(21)29-5-7-31-8-6-29)25(30)27-11-18-19-13-28(14-20(18)19)12-16-1-4-23-24(9-16)33-15-32-23/h1-4,9-10,18-20H,5-8,11-15H2,(H,27,30). The number of morpholine rings is 1. The largest absolute Gasteiger partial charge is 0.454 e. The van der Waals surface area contributed by atoms with E-state index in [-0.39, 0.29) is 11.7 Å². The average Bonchev–Trinajstić information content (AvgIpc) is 3.17.